The van der Waals surface area contributed by atoms with E-state index in [1.165, 1.54) is 0 Å². The molecule has 2 aromatic carbocycles. The minimum atomic E-state index is -0.476. The molecule has 3 heterocycles. The quantitative estimate of drug-likeness (QED) is 0.534. The molecular weight excluding hydrogens is 450 g/mol. The van der Waals surface area contributed by atoms with Gasteiger partial charge in [0.05, 0.1) is 18.0 Å². The van der Waals surface area contributed by atoms with Gasteiger partial charge >= 0.3 is 0 Å². The van der Waals surface area contributed by atoms with Crippen molar-refractivity contribution in [1.82, 2.24) is 14.8 Å². The monoisotopic (exact) mass is 483 g/mol. The smallest absolute Gasteiger partial charge is 0.258 e. The van der Waals surface area contributed by atoms with Gasteiger partial charge in [0.25, 0.3) is 5.56 Å². The zero-order valence-electron chi connectivity index (χ0n) is 20.7. The molecule has 36 heavy (non-hydrogen) atoms. The van der Waals surface area contributed by atoms with Gasteiger partial charge in [-0.2, -0.15) is 0 Å². The van der Waals surface area contributed by atoms with Gasteiger partial charge in [0.15, 0.2) is 0 Å². The lowest BCUT2D eigenvalue weighted by Crippen LogP contribution is -2.46. The molecule has 0 radical (unpaired) electrons. The van der Waals surface area contributed by atoms with Crippen LogP contribution in [-0.2, 0) is 17.9 Å². The number of fused-ring (bicyclic) bond motifs is 4. The average Bonchev–Trinajstić information content (AvgIpc) is 3.10. The van der Waals surface area contributed by atoms with E-state index in [1.807, 2.05) is 91.2 Å². The number of carbonyl (C=O) groups excluding carboxylic acids is 1. The Morgan fingerprint density at radius 2 is 1.78 bits per heavy atom. The highest BCUT2D eigenvalue weighted by atomic mass is 16.3. The van der Waals surface area contributed by atoms with Crippen LogP contribution in [0, 0.1) is 11.8 Å². The molecule has 2 bridgehead atoms. The molecule has 3 aromatic rings. The van der Waals surface area contributed by atoms with Gasteiger partial charge in [0.1, 0.15) is 0 Å². The molecule has 2 N–H and O–H groups in total. The summed E-state index contributed by atoms with van der Waals surface area (Å²) < 4.78 is 1.82. The number of pyridine rings is 1. The summed E-state index contributed by atoms with van der Waals surface area (Å²) in [6.45, 7) is 4.85. The molecule has 1 aromatic heterocycles. The molecule has 0 saturated carbocycles. The number of nitrogens with zero attached hydrogens (tertiary/aromatic N) is 2. The van der Waals surface area contributed by atoms with Crippen molar-refractivity contribution in [3.63, 3.8) is 0 Å². The molecule has 186 valence electrons. The lowest BCUT2D eigenvalue weighted by molar-refractivity contribution is -0.128. The van der Waals surface area contributed by atoms with Gasteiger partial charge in [0.2, 0.25) is 5.91 Å². The van der Waals surface area contributed by atoms with Crippen LogP contribution in [0.25, 0.3) is 6.08 Å². The van der Waals surface area contributed by atoms with E-state index in [2.05, 4.69) is 22.3 Å². The minimum Gasteiger partial charge on any atom is -0.396 e. The van der Waals surface area contributed by atoms with E-state index in [1.54, 1.807) is 0 Å². The third-order valence-electron chi connectivity index (χ3n) is 7.72. The summed E-state index contributed by atoms with van der Waals surface area (Å²) in [6.07, 6.45) is 3.68. The van der Waals surface area contributed by atoms with Gasteiger partial charge < -0.3 is 15.0 Å². The maximum Gasteiger partial charge on any atom is 0.258 e. The van der Waals surface area contributed by atoms with Gasteiger partial charge in [-0.1, -0.05) is 72.8 Å². The molecule has 0 aliphatic carbocycles. The molecule has 2 aliphatic rings. The average molecular weight is 484 g/mol. The van der Waals surface area contributed by atoms with Crippen molar-refractivity contribution < 1.29 is 9.90 Å². The van der Waals surface area contributed by atoms with E-state index in [9.17, 15) is 14.7 Å². The summed E-state index contributed by atoms with van der Waals surface area (Å²) in [4.78, 5) is 29.5. The summed E-state index contributed by atoms with van der Waals surface area (Å²) in [7, 11) is 0. The molecule has 0 spiro atoms. The Balaban J connectivity index is 1.55. The number of carbonyl (C=O) groups is 1. The SMILES string of the molecule is C/C=C/c1ccc2n(c1=O)C[C@@H]1[C@@H](CO)[C@H](C(=O)N[C@H](C)c3ccccc3)[C@H]2N1Cc1ccccc1. The van der Waals surface area contributed by atoms with E-state index >= 15 is 0 Å². The van der Waals surface area contributed by atoms with E-state index in [4.69, 9.17) is 0 Å². The molecule has 5 rings (SSSR count). The van der Waals surface area contributed by atoms with Crippen LogP contribution in [0.15, 0.2) is 83.7 Å². The van der Waals surface area contributed by atoms with Crippen molar-refractivity contribution in [2.24, 2.45) is 11.8 Å². The lowest BCUT2D eigenvalue weighted by Gasteiger charge is -2.38. The summed E-state index contributed by atoms with van der Waals surface area (Å²) in [6, 6.07) is 23.3. The first kappa shape index (κ1) is 24.2. The molecule has 6 heteroatoms. The van der Waals surface area contributed by atoms with Crippen molar-refractivity contribution in [3.8, 4) is 0 Å². The fourth-order valence-electron chi connectivity index (χ4n) is 5.99. The predicted molar refractivity (Wildman–Crippen MR) is 141 cm³/mol. The highest BCUT2D eigenvalue weighted by Gasteiger charge is 2.55. The number of aliphatic hydroxyl groups is 1. The molecule has 0 unspecified atom stereocenters. The van der Waals surface area contributed by atoms with Crippen molar-refractivity contribution in [1.29, 1.82) is 0 Å². The van der Waals surface area contributed by atoms with Gasteiger partial charge in [-0.25, -0.2) is 0 Å². The maximum absolute atomic E-state index is 13.9. The van der Waals surface area contributed by atoms with Crippen LogP contribution >= 0.6 is 0 Å². The summed E-state index contributed by atoms with van der Waals surface area (Å²) in [5, 5.41) is 13.8. The largest absolute Gasteiger partial charge is 0.396 e. The van der Waals surface area contributed by atoms with Crippen LogP contribution in [0.3, 0.4) is 0 Å². The highest BCUT2D eigenvalue weighted by Crippen LogP contribution is 2.49. The number of amides is 1. The zero-order chi connectivity index (χ0) is 25.2. The fraction of sp³-hybridized carbons (Fsp3) is 0.333. The van der Waals surface area contributed by atoms with E-state index in [0.717, 1.165) is 16.8 Å². The third kappa shape index (κ3) is 4.31. The van der Waals surface area contributed by atoms with Crippen LogP contribution in [0.1, 0.15) is 48.3 Å². The van der Waals surface area contributed by atoms with Crippen molar-refractivity contribution >= 4 is 12.0 Å². The molecule has 6 nitrogen and oxygen atoms in total. The number of hydrogen-bond donors (Lipinski definition) is 2. The van der Waals surface area contributed by atoms with Crippen molar-refractivity contribution in [3.05, 3.63) is 112 Å². The maximum atomic E-state index is 13.9. The Morgan fingerprint density at radius 1 is 1.08 bits per heavy atom. The first-order chi connectivity index (χ1) is 17.5. The normalized spacial score (nSPS) is 24.0. The fourth-order valence-corrected chi connectivity index (χ4v) is 5.99. The van der Waals surface area contributed by atoms with Crippen LogP contribution in [0.4, 0.5) is 0 Å². The Kier molecular flexibility index (Phi) is 6.90. The van der Waals surface area contributed by atoms with Gasteiger partial charge in [-0.3, -0.25) is 14.5 Å². The molecule has 5 atom stereocenters. The third-order valence-corrected chi connectivity index (χ3v) is 7.72. The highest BCUT2D eigenvalue weighted by molar-refractivity contribution is 5.81. The van der Waals surface area contributed by atoms with Crippen molar-refractivity contribution in [2.75, 3.05) is 6.61 Å². The molecule has 1 saturated heterocycles. The molecule has 2 aliphatic heterocycles. The summed E-state index contributed by atoms with van der Waals surface area (Å²) in [5.41, 5.74) is 3.60. The number of benzene rings is 2. The Labute approximate surface area is 211 Å². The zero-order valence-corrected chi connectivity index (χ0v) is 20.7. The molecule has 1 amide bonds. The number of nitrogens with one attached hydrogen (secondary N) is 1. The summed E-state index contributed by atoms with van der Waals surface area (Å²) in [5.74, 6) is -0.851. The van der Waals surface area contributed by atoms with Crippen LogP contribution < -0.4 is 10.9 Å². The molecule has 1 fully saturated rings. The van der Waals surface area contributed by atoms with E-state index in [-0.39, 0.29) is 42.1 Å². The number of allylic oxidation sites excluding steroid dienone is 1. The topological polar surface area (TPSA) is 74.6 Å². The standard InChI is InChI=1S/C30H33N3O3/c1-3-10-23-15-16-25-28-27(29(35)31-20(2)22-13-8-5-9-14-22)24(19-34)26(18-33(25)30(23)36)32(28)17-21-11-6-4-7-12-21/h3-16,20,24,26-28,34H,17-19H2,1-2H3,(H,31,35)/b10-3+/t20-,24-,26-,27+,28+/m1/s1. The molecular formula is C30H33N3O3. The van der Waals surface area contributed by atoms with Gasteiger partial charge in [-0.15, -0.1) is 0 Å². The van der Waals surface area contributed by atoms with Gasteiger partial charge in [-0.05, 0) is 37.1 Å². The second-order valence-electron chi connectivity index (χ2n) is 9.81. The number of aliphatic hydroxyl groups excluding tert-OH is 1. The Bertz CT molecular complexity index is 1300. The first-order valence-corrected chi connectivity index (χ1v) is 12.7. The second kappa shape index (κ2) is 10.2. The number of hydrogen-bond acceptors (Lipinski definition) is 4. The lowest BCUT2D eigenvalue weighted by atomic mass is 9.86. The number of rotatable bonds is 7. The minimum absolute atomic E-state index is 0.0460. The van der Waals surface area contributed by atoms with Crippen molar-refractivity contribution in [2.45, 2.75) is 45.1 Å². The first-order valence-electron chi connectivity index (χ1n) is 12.7. The van der Waals surface area contributed by atoms with Gasteiger partial charge in [0, 0.05) is 42.9 Å². The van der Waals surface area contributed by atoms with Crippen LogP contribution in [0.5, 0.6) is 0 Å². The summed E-state index contributed by atoms with van der Waals surface area (Å²) >= 11 is 0. The predicted octanol–water partition coefficient (Wildman–Crippen LogP) is 3.92. The Hall–Kier alpha value is -3.48. The Morgan fingerprint density at radius 3 is 2.44 bits per heavy atom. The second-order valence-corrected chi connectivity index (χ2v) is 9.81. The van der Waals surface area contributed by atoms with Crippen LogP contribution in [0.2, 0.25) is 0 Å². The number of aromatic nitrogens is 1. The van der Waals surface area contributed by atoms with Crippen LogP contribution in [-0.4, -0.2) is 33.1 Å². The van der Waals surface area contributed by atoms with E-state index < -0.39 is 5.92 Å². The van der Waals surface area contributed by atoms with E-state index in [0.29, 0.717) is 18.7 Å².